The maximum absolute atomic E-state index is 11.5. The van der Waals surface area contributed by atoms with Crippen LogP contribution in [0.5, 0.6) is 5.75 Å². The van der Waals surface area contributed by atoms with Crippen LogP contribution in [0.15, 0.2) is 120 Å². The van der Waals surface area contributed by atoms with Crippen LogP contribution >= 0.6 is 0 Å². The van der Waals surface area contributed by atoms with Gasteiger partial charge in [-0.2, -0.15) is 0 Å². The van der Waals surface area contributed by atoms with Crippen molar-refractivity contribution in [1.29, 1.82) is 0 Å². The topological polar surface area (TPSA) is 64.1 Å². The van der Waals surface area contributed by atoms with Crippen LogP contribution in [-0.4, -0.2) is 19.6 Å². The number of fused-ring (bicyclic) bond motifs is 8. The van der Waals surface area contributed by atoms with Gasteiger partial charge in [-0.1, -0.05) is 93.9 Å². The zero-order valence-electron chi connectivity index (χ0n) is 27.0. The Morgan fingerprint density at radius 2 is 1.40 bits per heavy atom. The number of phenols is 1. The molecule has 6 heteroatoms. The third-order valence-electron chi connectivity index (χ3n) is 10.6. The number of hydrogen-bond acceptors (Lipinski definition) is 4. The number of aromatic nitrogens is 3. The van der Waals surface area contributed by atoms with Gasteiger partial charge in [-0.15, -0.1) is 35.4 Å². The number of pyridine rings is 1. The van der Waals surface area contributed by atoms with Gasteiger partial charge in [-0.3, -0.25) is 9.55 Å². The van der Waals surface area contributed by atoms with Crippen molar-refractivity contribution in [2.75, 3.05) is 0 Å². The van der Waals surface area contributed by atoms with Crippen molar-refractivity contribution < 1.29 is 30.6 Å². The van der Waals surface area contributed by atoms with Gasteiger partial charge in [0.1, 0.15) is 28.4 Å². The van der Waals surface area contributed by atoms with Crippen molar-refractivity contribution >= 4 is 32.7 Å². The number of para-hydroxylation sites is 2. The Hall–Kier alpha value is -4.99. The molecular weight excluding hydrogens is 774 g/mol. The summed E-state index contributed by atoms with van der Waals surface area (Å²) in [6.45, 7) is 9.31. The van der Waals surface area contributed by atoms with Crippen molar-refractivity contribution in [2.45, 2.75) is 38.5 Å². The smallest absolute Gasteiger partial charge is 0.149 e. The van der Waals surface area contributed by atoms with Crippen LogP contribution in [0.4, 0.5) is 0 Å². The average Bonchev–Trinajstić information content (AvgIpc) is 3.68. The third-order valence-corrected chi connectivity index (χ3v) is 10.6. The number of benzene rings is 5. The maximum Gasteiger partial charge on any atom is 0.149 e. The molecule has 0 bridgehead atoms. The number of phenolic OH excluding ortho intramolecular Hbond substituents is 1. The molecule has 1 N–H and O–H groups in total. The van der Waals surface area contributed by atoms with Crippen LogP contribution in [0.2, 0.25) is 0 Å². The first-order valence-corrected chi connectivity index (χ1v) is 16.0. The number of hydrogen-bond donors (Lipinski definition) is 1. The first kappa shape index (κ1) is 30.3. The Morgan fingerprint density at radius 1 is 0.688 bits per heavy atom. The average molecular weight is 806 g/mol. The maximum atomic E-state index is 11.5. The number of nitrogens with zero attached hydrogens (tertiary/aromatic N) is 3. The minimum Gasteiger partial charge on any atom is -0.507 e. The van der Waals surface area contributed by atoms with Crippen molar-refractivity contribution in [3.63, 3.8) is 0 Å². The summed E-state index contributed by atoms with van der Waals surface area (Å²) < 4.78 is 8.12. The molecule has 3 aromatic heterocycles. The Balaban J connectivity index is 0.00000336. The van der Waals surface area contributed by atoms with E-state index in [2.05, 4.69) is 70.2 Å². The van der Waals surface area contributed by atoms with E-state index >= 15 is 0 Å². The standard InChI is InChI=1S/C42H32N3O2.Pt/c1-41(2)32-20-12-10-19-29(32)39-37(42(41,3)4)27-17-8-9-18-28(27)38(44-39)33-24-45(25-14-6-5-7-15-25)40(43-33)31-22-30-26-16-11-13-21-35(26)47-36(30)23-34(31)46;/h5-18,20-24,46H,1-4H3;/q-1;. The van der Waals surface area contributed by atoms with Crippen LogP contribution in [0.3, 0.4) is 0 Å². The molecule has 0 saturated carbocycles. The number of rotatable bonds is 3. The van der Waals surface area contributed by atoms with Crippen LogP contribution in [0.1, 0.15) is 38.8 Å². The van der Waals surface area contributed by atoms with E-state index in [4.69, 9.17) is 14.4 Å². The molecule has 0 saturated heterocycles. The quantitative estimate of drug-likeness (QED) is 0.181. The summed E-state index contributed by atoms with van der Waals surface area (Å²) in [4.78, 5) is 10.8. The third kappa shape index (κ3) is 4.20. The summed E-state index contributed by atoms with van der Waals surface area (Å²) in [5, 5.41) is 15.6. The molecule has 0 amide bonds. The summed E-state index contributed by atoms with van der Waals surface area (Å²) in [6, 6.07) is 40.1. The van der Waals surface area contributed by atoms with E-state index in [1.165, 1.54) is 16.5 Å². The van der Waals surface area contributed by atoms with E-state index in [1.54, 1.807) is 6.07 Å². The van der Waals surface area contributed by atoms with E-state index in [0.717, 1.165) is 50.1 Å². The summed E-state index contributed by atoms with van der Waals surface area (Å²) in [7, 11) is 0. The van der Waals surface area contributed by atoms with Crippen LogP contribution in [0.25, 0.3) is 72.4 Å². The predicted molar refractivity (Wildman–Crippen MR) is 189 cm³/mol. The van der Waals surface area contributed by atoms with Gasteiger partial charge in [0.15, 0.2) is 0 Å². The Morgan fingerprint density at radius 3 is 2.19 bits per heavy atom. The fourth-order valence-corrected chi connectivity index (χ4v) is 7.48. The molecule has 238 valence electrons. The monoisotopic (exact) mass is 805 g/mol. The van der Waals surface area contributed by atoms with E-state index in [9.17, 15) is 5.11 Å². The molecule has 0 aliphatic heterocycles. The molecule has 1 aliphatic rings. The molecule has 0 fully saturated rings. The summed E-state index contributed by atoms with van der Waals surface area (Å²) in [5.74, 6) is 0.717. The van der Waals surface area contributed by atoms with E-state index < -0.39 is 0 Å². The first-order valence-electron chi connectivity index (χ1n) is 16.0. The number of aromatic hydroxyl groups is 1. The van der Waals surface area contributed by atoms with Gasteiger partial charge in [-0.25, -0.2) is 4.98 Å². The zero-order chi connectivity index (χ0) is 32.1. The Bertz CT molecular complexity index is 2540. The normalized spacial score (nSPS) is 14.5. The second-order valence-corrected chi connectivity index (χ2v) is 13.6. The van der Waals surface area contributed by atoms with Crippen LogP contribution in [-0.2, 0) is 31.9 Å². The molecule has 0 unspecified atom stereocenters. The largest absolute Gasteiger partial charge is 0.507 e. The van der Waals surface area contributed by atoms with Gasteiger partial charge in [0.25, 0.3) is 0 Å². The predicted octanol–water partition coefficient (Wildman–Crippen LogP) is 10.4. The van der Waals surface area contributed by atoms with Crippen molar-refractivity contribution in [3.8, 4) is 45.5 Å². The van der Waals surface area contributed by atoms with Crippen molar-refractivity contribution in [1.82, 2.24) is 14.5 Å². The molecule has 5 nitrogen and oxygen atoms in total. The van der Waals surface area contributed by atoms with Gasteiger partial charge in [0.05, 0.1) is 11.3 Å². The van der Waals surface area contributed by atoms with Gasteiger partial charge in [0.2, 0.25) is 0 Å². The fourth-order valence-electron chi connectivity index (χ4n) is 7.48. The minimum absolute atomic E-state index is 0. The zero-order valence-corrected chi connectivity index (χ0v) is 29.3. The number of furan rings is 1. The van der Waals surface area contributed by atoms with E-state index in [0.29, 0.717) is 17.0 Å². The molecule has 0 radical (unpaired) electrons. The molecule has 5 aromatic carbocycles. The fraction of sp³-hybridized carbons (Fsp3) is 0.143. The molecular formula is C42H32N3O2Pt-. The molecule has 9 rings (SSSR count). The molecule has 0 spiro atoms. The van der Waals surface area contributed by atoms with E-state index in [1.807, 2.05) is 77.5 Å². The van der Waals surface area contributed by atoms with Crippen LogP contribution < -0.4 is 0 Å². The summed E-state index contributed by atoms with van der Waals surface area (Å²) in [6.07, 6.45) is 2.04. The van der Waals surface area contributed by atoms with Gasteiger partial charge in [0, 0.05) is 55.2 Å². The molecule has 0 atom stereocenters. The minimum atomic E-state index is -0.210. The summed E-state index contributed by atoms with van der Waals surface area (Å²) in [5.41, 5.74) is 8.58. The van der Waals surface area contributed by atoms with Crippen molar-refractivity contribution in [3.05, 3.63) is 133 Å². The number of imidazole rings is 1. The van der Waals surface area contributed by atoms with Crippen LogP contribution in [0, 0.1) is 6.07 Å². The summed E-state index contributed by atoms with van der Waals surface area (Å²) >= 11 is 0. The van der Waals surface area contributed by atoms with Gasteiger partial charge in [-0.05, 0) is 46.2 Å². The van der Waals surface area contributed by atoms with Crippen molar-refractivity contribution in [2.24, 2.45) is 0 Å². The molecule has 48 heavy (non-hydrogen) atoms. The Kier molecular flexibility index (Phi) is 6.81. The molecule has 8 aromatic rings. The SMILES string of the molecule is CC1(C)c2ccc[c-]c2-c2nc(-c3cn(-c4ccccc4)c(-c4cc5c(cc4O)oc4ccccc45)n3)c3ccccc3c2C1(C)C.[Pt]. The molecule has 3 heterocycles. The first-order chi connectivity index (χ1) is 22.7. The van der Waals surface area contributed by atoms with Gasteiger partial charge >= 0.3 is 0 Å². The van der Waals surface area contributed by atoms with E-state index in [-0.39, 0.29) is 37.6 Å². The second-order valence-electron chi connectivity index (χ2n) is 13.6. The molecule has 1 aliphatic carbocycles. The Labute approximate surface area is 293 Å². The van der Waals surface area contributed by atoms with Gasteiger partial charge < -0.3 is 9.52 Å². The second kappa shape index (κ2) is 10.8.